The molecular formula is C17H25N3O2. The van der Waals surface area contributed by atoms with E-state index in [2.05, 4.69) is 0 Å². The normalized spacial score (nSPS) is 22.7. The first-order valence-corrected chi connectivity index (χ1v) is 7.78. The lowest BCUT2D eigenvalue weighted by Crippen LogP contribution is -2.31. The molecule has 1 aromatic carbocycles. The first kappa shape index (κ1) is 16.4. The average molecular weight is 303 g/mol. The van der Waals surface area contributed by atoms with E-state index in [1.54, 1.807) is 17.1 Å². The van der Waals surface area contributed by atoms with Gasteiger partial charge in [-0.2, -0.15) is 0 Å². The second kappa shape index (κ2) is 7.31. The highest BCUT2D eigenvalue weighted by Crippen LogP contribution is 2.28. The summed E-state index contributed by atoms with van der Waals surface area (Å²) in [6.45, 7) is 0. The second-order valence-corrected chi connectivity index (χ2v) is 6.02. The summed E-state index contributed by atoms with van der Waals surface area (Å²) in [6, 6.07) is 7.05. The van der Waals surface area contributed by atoms with Crippen molar-refractivity contribution < 1.29 is 9.90 Å². The van der Waals surface area contributed by atoms with Gasteiger partial charge in [0.05, 0.1) is 5.56 Å². The van der Waals surface area contributed by atoms with E-state index in [0.717, 1.165) is 42.6 Å². The lowest BCUT2D eigenvalue weighted by atomic mass is 9.87. The van der Waals surface area contributed by atoms with Crippen molar-refractivity contribution in [3.05, 3.63) is 46.8 Å². The van der Waals surface area contributed by atoms with Gasteiger partial charge in [0.15, 0.2) is 0 Å². The van der Waals surface area contributed by atoms with E-state index in [1.807, 2.05) is 19.2 Å². The van der Waals surface area contributed by atoms with Crippen LogP contribution in [0.5, 0.6) is 0 Å². The minimum absolute atomic E-state index is 0.261. The second-order valence-electron chi connectivity index (χ2n) is 6.02. The molecule has 0 saturated carbocycles. The number of hydrogen-bond acceptors (Lipinski definition) is 4. The van der Waals surface area contributed by atoms with Gasteiger partial charge in [-0.3, -0.25) is 0 Å². The quantitative estimate of drug-likeness (QED) is 0.587. The molecule has 1 aliphatic rings. The Labute approximate surface area is 131 Å². The standard InChI is InChI=1S/C17H25N3O2/c1-20(19)15-6-4-2-3-5-14(16(15)18)11-12-7-9-13(10-8-12)17(21)22/h7-10,14H,2-6,11,18-19H2,1H3,(H,21,22)/b16-15-. The molecule has 1 aliphatic carbocycles. The van der Waals surface area contributed by atoms with Crippen molar-refractivity contribution in [3.63, 3.8) is 0 Å². The van der Waals surface area contributed by atoms with Crippen molar-refractivity contribution in [2.45, 2.75) is 38.5 Å². The third-order valence-corrected chi connectivity index (χ3v) is 4.35. The van der Waals surface area contributed by atoms with E-state index >= 15 is 0 Å². The lowest BCUT2D eigenvalue weighted by Gasteiger charge is -2.27. The Morgan fingerprint density at radius 1 is 1.27 bits per heavy atom. The van der Waals surface area contributed by atoms with Crippen LogP contribution < -0.4 is 11.6 Å². The summed E-state index contributed by atoms with van der Waals surface area (Å²) in [7, 11) is 1.84. The van der Waals surface area contributed by atoms with Gasteiger partial charge >= 0.3 is 5.97 Å². The first-order valence-electron chi connectivity index (χ1n) is 7.78. The Morgan fingerprint density at radius 2 is 1.95 bits per heavy atom. The van der Waals surface area contributed by atoms with Gasteiger partial charge in [0, 0.05) is 24.4 Å². The van der Waals surface area contributed by atoms with Crippen LogP contribution in [0.3, 0.4) is 0 Å². The maximum absolute atomic E-state index is 10.9. The molecule has 0 radical (unpaired) electrons. The lowest BCUT2D eigenvalue weighted by molar-refractivity contribution is 0.0697. The van der Waals surface area contributed by atoms with Crippen LogP contribution in [0.1, 0.15) is 48.0 Å². The Morgan fingerprint density at radius 3 is 2.55 bits per heavy atom. The van der Waals surface area contributed by atoms with Gasteiger partial charge in [0.2, 0.25) is 0 Å². The van der Waals surface area contributed by atoms with Crippen molar-refractivity contribution in [1.82, 2.24) is 5.01 Å². The fraction of sp³-hybridized carbons (Fsp3) is 0.471. The highest BCUT2D eigenvalue weighted by molar-refractivity contribution is 5.87. The first-order chi connectivity index (χ1) is 10.5. The maximum Gasteiger partial charge on any atom is 0.335 e. The molecule has 0 amide bonds. The number of hydrazine groups is 1. The van der Waals surface area contributed by atoms with Gasteiger partial charge in [0.1, 0.15) is 0 Å². The highest BCUT2D eigenvalue weighted by Gasteiger charge is 2.20. The fourth-order valence-electron chi connectivity index (χ4n) is 3.06. The third-order valence-electron chi connectivity index (χ3n) is 4.35. The van der Waals surface area contributed by atoms with E-state index in [9.17, 15) is 4.79 Å². The summed E-state index contributed by atoms with van der Waals surface area (Å²) in [5.74, 6) is 5.28. The third kappa shape index (κ3) is 4.01. The minimum atomic E-state index is -0.899. The number of nitrogens with two attached hydrogens (primary N) is 2. The zero-order valence-electron chi connectivity index (χ0n) is 13.1. The summed E-state index contributed by atoms with van der Waals surface area (Å²) in [4.78, 5) is 10.9. The highest BCUT2D eigenvalue weighted by atomic mass is 16.4. The molecule has 0 saturated heterocycles. The number of rotatable bonds is 4. The van der Waals surface area contributed by atoms with Crippen LogP contribution in [0.25, 0.3) is 0 Å². The number of nitrogens with zero attached hydrogens (tertiary/aromatic N) is 1. The number of carbonyl (C=O) groups is 1. The molecule has 0 fully saturated rings. The smallest absolute Gasteiger partial charge is 0.335 e. The van der Waals surface area contributed by atoms with Crippen molar-refractivity contribution in [1.29, 1.82) is 0 Å². The van der Waals surface area contributed by atoms with Crippen molar-refractivity contribution in [3.8, 4) is 0 Å². The summed E-state index contributed by atoms with van der Waals surface area (Å²) in [5, 5.41) is 10.6. The Balaban J connectivity index is 2.19. The maximum atomic E-state index is 10.9. The molecule has 1 aromatic rings. The number of allylic oxidation sites excluding steroid dienone is 2. The molecule has 5 nitrogen and oxygen atoms in total. The summed E-state index contributed by atoms with van der Waals surface area (Å²) in [6.07, 6.45) is 6.27. The van der Waals surface area contributed by atoms with Crippen molar-refractivity contribution in [2.75, 3.05) is 7.05 Å². The number of hydrogen-bond donors (Lipinski definition) is 3. The Hall–Kier alpha value is -2.01. The number of aromatic carboxylic acids is 1. The predicted octanol–water partition coefficient (Wildman–Crippen LogP) is 2.48. The van der Waals surface area contributed by atoms with E-state index in [-0.39, 0.29) is 5.92 Å². The molecule has 5 heteroatoms. The monoisotopic (exact) mass is 303 g/mol. The molecule has 1 unspecified atom stereocenters. The van der Waals surface area contributed by atoms with Crippen molar-refractivity contribution in [2.24, 2.45) is 17.5 Å². The Bertz CT molecular complexity index is 550. The van der Waals surface area contributed by atoms with Gasteiger partial charge in [0.25, 0.3) is 0 Å². The van der Waals surface area contributed by atoms with Crippen LogP contribution in [0.4, 0.5) is 0 Å². The topological polar surface area (TPSA) is 92.6 Å². The molecule has 0 aromatic heterocycles. The number of carboxylic acids is 1. The molecule has 1 atom stereocenters. The van der Waals surface area contributed by atoms with E-state index < -0.39 is 5.97 Å². The van der Waals surface area contributed by atoms with E-state index in [0.29, 0.717) is 5.56 Å². The molecule has 0 bridgehead atoms. The van der Waals surface area contributed by atoms with Gasteiger partial charge < -0.3 is 15.8 Å². The summed E-state index contributed by atoms with van der Waals surface area (Å²) >= 11 is 0. The van der Waals surface area contributed by atoms with Crippen LogP contribution in [0, 0.1) is 5.92 Å². The fourth-order valence-corrected chi connectivity index (χ4v) is 3.06. The Kier molecular flexibility index (Phi) is 5.44. The van der Waals surface area contributed by atoms with Gasteiger partial charge in [-0.15, -0.1) is 0 Å². The van der Waals surface area contributed by atoms with Crippen LogP contribution in [0.2, 0.25) is 0 Å². The van der Waals surface area contributed by atoms with Crippen LogP contribution in [-0.2, 0) is 6.42 Å². The van der Waals surface area contributed by atoms with Crippen LogP contribution in [-0.4, -0.2) is 23.1 Å². The molecule has 0 aliphatic heterocycles. The molecule has 5 N–H and O–H groups in total. The molecule has 0 heterocycles. The predicted molar refractivity (Wildman–Crippen MR) is 86.8 cm³/mol. The SMILES string of the molecule is CN(N)/C1=C(\N)C(Cc2ccc(C(=O)O)cc2)CCCCC1. The summed E-state index contributed by atoms with van der Waals surface area (Å²) < 4.78 is 0. The van der Waals surface area contributed by atoms with E-state index in [1.165, 1.54) is 12.8 Å². The largest absolute Gasteiger partial charge is 0.478 e. The van der Waals surface area contributed by atoms with Gasteiger partial charge in [-0.25, -0.2) is 10.6 Å². The van der Waals surface area contributed by atoms with Crippen molar-refractivity contribution >= 4 is 5.97 Å². The zero-order chi connectivity index (χ0) is 16.1. The average Bonchev–Trinajstić information content (AvgIpc) is 2.47. The zero-order valence-corrected chi connectivity index (χ0v) is 13.1. The molecule has 120 valence electrons. The van der Waals surface area contributed by atoms with Crippen LogP contribution >= 0.6 is 0 Å². The molecule has 0 spiro atoms. The van der Waals surface area contributed by atoms with Gasteiger partial charge in [-0.1, -0.05) is 25.0 Å². The minimum Gasteiger partial charge on any atom is -0.478 e. The number of benzene rings is 1. The van der Waals surface area contributed by atoms with Crippen LogP contribution in [0.15, 0.2) is 35.7 Å². The molecule has 2 rings (SSSR count). The number of carboxylic acid groups (broad SMARTS) is 1. The van der Waals surface area contributed by atoms with Gasteiger partial charge in [-0.05, 0) is 43.4 Å². The summed E-state index contributed by atoms with van der Waals surface area (Å²) in [5.41, 5.74) is 9.72. The van der Waals surface area contributed by atoms with E-state index in [4.69, 9.17) is 16.7 Å². The molecular weight excluding hydrogens is 278 g/mol. The molecule has 22 heavy (non-hydrogen) atoms.